The fourth-order valence-corrected chi connectivity index (χ4v) is 5.43. The number of hydrogen-bond acceptors (Lipinski definition) is 8. The number of hydrogen-bond donors (Lipinski definition) is 1. The minimum atomic E-state index is -0.318. The molecule has 3 aromatic rings. The molecule has 1 aliphatic rings. The molecule has 2 aromatic heterocycles. The van der Waals surface area contributed by atoms with E-state index in [1.54, 1.807) is 33.9 Å². The van der Waals surface area contributed by atoms with Crippen LogP contribution in [-0.4, -0.2) is 89.3 Å². The zero-order valence-corrected chi connectivity index (χ0v) is 25.2. The van der Waals surface area contributed by atoms with E-state index in [0.29, 0.717) is 58.5 Å². The van der Waals surface area contributed by atoms with E-state index in [9.17, 15) is 9.59 Å². The van der Waals surface area contributed by atoms with Crippen LogP contribution in [0.3, 0.4) is 0 Å². The Kier molecular flexibility index (Phi) is 10.6. The van der Waals surface area contributed by atoms with Gasteiger partial charge in [0.2, 0.25) is 11.9 Å². The summed E-state index contributed by atoms with van der Waals surface area (Å²) in [5.74, 6) is 0.721. The molecule has 12 heteroatoms. The van der Waals surface area contributed by atoms with Gasteiger partial charge < -0.3 is 24.6 Å². The number of halogens is 2. The van der Waals surface area contributed by atoms with E-state index in [2.05, 4.69) is 35.6 Å². The number of methoxy groups -OCH3 is 1. The maximum atomic E-state index is 13.9. The van der Waals surface area contributed by atoms with E-state index in [1.807, 2.05) is 0 Å². The molecular weight excluding hydrogens is 567 g/mol. The third-order valence-electron chi connectivity index (χ3n) is 7.20. The van der Waals surface area contributed by atoms with Gasteiger partial charge in [0.15, 0.2) is 0 Å². The van der Waals surface area contributed by atoms with Crippen molar-refractivity contribution in [2.75, 3.05) is 58.3 Å². The SMILES string of the molecule is C=CC(=O)N1CC(OCCn2c(=O)c(-c3c(Cl)ccc(OC)c3Cl)cc3cnc(NCCCN(CC)CC)nc32)C1. The second-order valence-corrected chi connectivity index (χ2v) is 10.5. The number of amides is 1. The van der Waals surface area contributed by atoms with Crippen LogP contribution >= 0.6 is 23.2 Å². The van der Waals surface area contributed by atoms with E-state index in [0.717, 1.165) is 26.1 Å². The Balaban J connectivity index is 1.63. The number of carbonyl (C=O) groups is 1. The summed E-state index contributed by atoms with van der Waals surface area (Å²) in [5.41, 5.74) is 0.837. The standard InChI is InChI=1S/C29H36Cl2N6O4/c1-5-24(38)36-17-20(18-36)41-14-13-37-27-19(16-33-29(34-27)32-11-8-12-35(6-2)7-3)15-21(28(37)39)25-22(30)9-10-23(40-4)26(25)31/h5,9-10,15-16,20H,1,6-8,11-14,17-18H2,2-4H3,(H,32,33,34). The van der Waals surface area contributed by atoms with Crippen LogP contribution in [0.1, 0.15) is 20.3 Å². The lowest BCUT2D eigenvalue weighted by molar-refractivity contribution is -0.139. The second kappa shape index (κ2) is 14.1. The summed E-state index contributed by atoms with van der Waals surface area (Å²) >= 11 is 13.2. The van der Waals surface area contributed by atoms with Crippen LogP contribution in [0.25, 0.3) is 22.2 Å². The van der Waals surface area contributed by atoms with Gasteiger partial charge in [0, 0.05) is 36.8 Å². The van der Waals surface area contributed by atoms with Crippen LogP contribution < -0.4 is 15.6 Å². The van der Waals surface area contributed by atoms with E-state index in [1.165, 1.54) is 13.2 Å². The van der Waals surface area contributed by atoms with Crippen molar-refractivity contribution in [2.45, 2.75) is 32.9 Å². The van der Waals surface area contributed by atoms with Crippen LogP contribution in [-0.2, 0) is 16.1 Å². The number of rotatable bonds is 14. The first kappa shape index (κ1) is 30.8. The van der Waals surface area contributed by atoms with E-state index >= 15 is 0 Å². The molecule has 41 heavy (non-hydrogen) atoms. The first-order valence-electron chi connectivity index (χ1n) is 13.7. The van der Waals surface area contributed by atoms with Gasteiger partial charge in [-0.1, -0.05) is 43.6 Å². The van der Waals surface area contributed by atoms with Crippen molar-refractivity contribution in [2.24, 2.45) is 0 Å². The second-order valence-electron chi connectivity index (χ2n) is 9.67. The third-order valence-corrected chi connectivity index (χ3v) is 7.89. The summed E-state index contributed by atoms with van der Waals surface area (Å²) in [6.07, 6.45) is 3.80. The molecule has 1 aromatic carbocycles. The molecule has 0 unspecified atom stereocenters. The number of pyridine rings is 1. The fourth-order valence-electron chi connectivity index (χ4n) is 4.77. The quantitative estimate of drug-likeness (QED) is 0.215. The van der Waals surface area contributed by atoms with Crippen LogP contribution in [0.15, 0.2) is 41.8 Å². The van der Waals surface area contributed by atoms with Crippen molar-refractivity contribution in [1.29, 1.82) is 0 Å². The van der Waals surface area contributed by atoms with Crippen LogP contribution in [0.2, 0.25) is 10.0 Å². The minimum Gasteiger partial charge on any atom is -0.495 e. The zero-order valence-electron chi connectivity index (χ0n) is 23.7. The zero-order chi connectivity index (χ0) is 29.5. The van der Waals surface area contributed by atoms with Gasteiger partial charge in [0.1, 0.15) is 11.4 Å². The Labute approximate surface area is 249 Å². The molecule has 1 fully saturated rings. The number of benzene rings is 1. The predicted octanol–water partition coefficient (Wildman–Crippen LogP) is 4.33. The largest absolute Gasteiger partial charge is 0.495 e. The Morgan fingerprint density at radius 3 is 2.71 bits per heavy atom. The van der Waals surface area contributed by atoms with Crippen molar-refractivity contribution < 1.29 is 14.3 Å². The number of ether oxygens (including phenoxy) is 2. The summed E-state index contributed by atoms with van der Waals surface area (Å²) < 4.78 is 12.9. The van der Waals surface area contributed by atoms with Crippen molar-refractivity contribution in [3.63, 3.8) is 0 Å². The summed E-state index contributed by atoms with van der Waals surface area (Å²) in [7, 11) is 1.50. The van der Waals surface area contributed by atoms with Crippen molar-refractivity contribution in [1.82, 2.24) is 24.3 Å². The Morgan fingerprint density at radius 2 is 2.02 bits per heavy atom. The van der Waals surface area contributed by atoms with Gasteiger partial charge >= 0.3 is 0 Å². The molecule has 3 heterocycles. The van der Waals surface area contributed by atoms with Crippen LogP contribution in [0.4, 0.5) is 5.95 Å². The van der Waals surface area contributed by atoms with Gasteiger partial charge in [0.05, 0.1) is 42.0 Å². The Bertz CT molecular complexity index is 1450. The smallest absolute Gasteiger partial charge is 0.260 e. The Hall–Kier alpha value is -3.18. The number of nitrogens with zero attached hydrogens (tertiary/aromatic N) is 5. The molecule has 1 N–H and O–H groups in total. The fraction of sp³-hybridized carbons (Fsp3) is 0.448. The first-order valence-corrected chi connectivity index (χ1v) is 14.5. The summed E-state index contributed by atoms with van der Waals surface area (Å²) in [5, 5.41) is 4.49. The minimum absolute atomic E-state index is 0.107. The third kappa shape index (κ3) is 7.01. The number of anilines is 1. The molecule has 220 valence electrons. The van der Waals surface area contributed by atoms with Gasteiger partial charge in [-0.05, 0) is 50.3 Å². The molecule has 0 aliphatic carbocycles. The maximum Gasteiger partial charge on any atom is 0.260 e. The first-order chi connectivity index (χ1) is 19.8. The van der Waals surface area contributed by atoms with Crippen molar-refractivity contribution in [3.8, 4) is 16.9 Å². The van der Waals surface area contributed by atoms with Gasteiger partial charge in [-0.3, -0.25) is 14.2 Å². The summed E-state index contributed by atoms with van der Waals surface area (Å²) in [6.45, 7) is 12.9. The lowest BCUT2D eigenvalue weighted by Gasteiger charge is -2.38. The van der Waals surface area contributed by atoms with E-state index in [4.69, 9.17) is 37.7 Å². The van der Waals surface area contributed by atoms with Gasteiger partial charge in [0.25, 0.3) is 5.56 Å². The normalized spacial score (nSPS) is 13.5. The molecule has 0 saturated carbocycles. The highest BCUT2D eigenvalue weighted by Crippen LogP contribution is 2.39. The average Bonchev–Trinajstić information content (AvgIpc) is 2.95. The highest BCUT2D eigenvalue weighted by molar-refractivity contribution is 6.40. The van der Waals surface area contributed by atoms with Crippen LogP contribution in [0.5, 0.6) is 5.75 Å². The molecule has 1 saturated heterocycles. The number of likely N-dealkylation sites (tertiary alicyclic amines) is 1. The monoisotopic (exact) mass is 602 g/mol. The molecule has 1 amide bonds. The van der Waals surface area contributed by atoms with Gasteiger partial charge in [-0.15, -0.1) is 0 Å². The average molecular weight is 604 g/mol. The molecule has 0 bridgehead atoms. The number of nitrogens with one attached hydrogen (secondary N) is 1. The van der Waals surface area contributed by atoms with Gasteiger partial charge in [-0.25, -0.2) is 4.98 Å². The highest BCUT2D eigenvalue weighted by atomic mass is 35.5. The van der Waals surface area contributed by atoms with E-state index < -0.39 is 0 Å². The highest BCUT2D eigenvalue weighted by Gasteiger charge is 2.30. The summed E-state index contributed by atoms with van der Waals surface area (Å²) in [6, 6.07) is 5.01. The van der Waals surface area contributed by atoms with Gasteiger partial charge in [-0.2, -0.15) is 4.98 Å². The topological polar surface area (TPSA) is 102 Å². The molecule has 10 nitrogen and oxygen atoms in total. The van der Waals surface area contributed by atoms with Crippen LogP contribution in [0, 0.1) is 0 Å². The molecule has 1 aliphatic heterocycles. The molecular formula is C29H36Cl2N6O4. The lowest BCUT2D eigenvalue weighted by Crippen LogP contribution is -2.54. The maximum absolute atomic E-state index is 13.9. The molecule has 0 spiro atoms. The number of fused-ring (bicyclic) bond motifs is 1. The lowest BCUT2D eigenvalue weighted by atomic mass is 10.1. The predicted molar refractivity (Wildman–Crippen MR) is 163 cm³/mol. The van der Waals surface area contributed by atoms with Crippen molar-refractivity contribution in [3.05, 3.63) is 57.4 Å². The molecule has 4 rings (SSSR count). The molecule has 0 atom stereocenters. The summed E-state index contributed by atoms with van der Waals surface area (Å²) in [4.78, 5) is 38.9. The molecule has 0 radical (unpaired) electrons. The Morgan fingerprint density at radius 1 is 1.27 bits per heavy atom. The number of aromatic nitrogens is 3. The van der Waals surface area contributed by atoms with E-state index in [-0.39, 0.29) is 35.7 Å². The van der Waals surface area contributed by atoms with Crippen molar-refractivity contribution >= 4 is 46.1 Å². The number of carbonyl (C=O) groups excluding carboxylic acids is 1.